The second-order valence-corrected chi connectivity index (χ2v) is 5.51. The van der Waals surface area contributed by atoms with Gasteiger partial charge in [-0.2, -0.15) is 0 Å². The minimum atomic E-state index is -0.775. The normalized spacial score (nSPS) is 17.7. The van der Waals surface area contributed by atoms with Crippen molar-refractivity contribution in [2.45, 2.75) is 25.7 Å². The maximum atomic E-state index is 11.1. The molecule has 1 N–H and O–H groups in total. The minimum absolute atomic E-state index is 0.436. The van der Waals surface area contributed by atoms with E-state index in [0.717, 1.165) is 33.3 Å². The summed E-state index contributed by atoms with van der Waals surface area (Å²) >= 11 is 1.57. The molecule has 0 aromatic carbocycles. The number of aromatic nitrogens is 2. The Morgan fingerprint density at radius 2 is 2.39 bits per heavy atom. The number of carbonyl (C=O) groups is 1. The molecule has 5 heteroatoms. The summed E-state index contributed by atoms with van der Waals surface area (Å²) in [5.41, 5.74) is 2.67. The van der Waals surface area contributed by atoms with Crippen LogP contribution in [0.25, 0.3) is 10.7 Å². The van der Waals surface area contributed by atoms with E-state index in [9.17, 15) is 4.79 Å². The van der Waals surface area contributed by atoms with Crippen LogP contribution in [-0.2, 0) is 11.2 Å². The van der Waals surface area contributed by atoms with Crippen molar-refractivity contribution < 1.29 is 9.90 Å². The molecule has 2 heterocycles. The molecule has 0 saturated heterocycles. The maximum absolute atomic E-state index is 11.1. The summed E-state index contributed by atoms with van der Waals surface area (Å²) < 4.78 is 0. The van der Waals surface area contributed by atoms with Gasteiger partial charge in [0, 0.05) is 11.1 Å². The van der Waals surface area contributed by atoms with E-state index in [1.165, 1.54) is 0 Å². The third-order valence-electron chi connectivity index (χ3n) is 3.23. The van der Waals surface area contributed by atoms with Crippen LogP contribution < -0.4 is 0 Å². The fourth-order valence-electron chi connectivity index (χ4n) is 2.28. The lowest BCUT2D eigenvalue weighted by Crippen LogP contribution is -2.08. The molecule has 2 aromatic rings. The molecule has 0 radical (unpaired) electrons. The summed E-state index contributed by atoms with van der Waals surface area (Å²) in [5, 5.41) is 9.98. The molecule has 0 saturated carbocycles. The molecule has 2 aromatic heterocycles. The first-order valence-corrected chi connectivity index (χ1v) is 6.63. The number of thiazole rings is 1. The van der Waals surface area contributed by atoms with Crippen LogP contribution in [0.2, 0.25) is 0 Å². The van der Waals surface area contributed by atoms with Crippen LogP contribution in [0.3, 0.4) is 0 Å². The van der Waals surface area contributed by atoms with Crippen LogP contribution in [0.4, 0.5) is 0 Å². The molecule has 0 bridgehead atoms. The van der Waals surface area contributed by atoms with Gasteiger partial charge < -0.3 is 5.11 Å². The largest absolute Gasteiger partial charge is 0.481 e. The average molecular weight is 260 g/mol. The molecule has 1 unspecified atom stereocenters. The Bertz CT molecular complexity index is 621. The van der Waals surface area contributed by atoms with Gasteiger partial charge in [-0.1, -0.05) is 6.07 Å². The van der Waals surface area contributed by atoms with Gasteiger partial charge in [0.05, 0.1) is 5.69 Å². The van der Waals surface area contributed by atoms with Gasteiger partial charge in [0.1, 0.15) is 16.6 Å². The highest BCUT2D eigenvalue weighted by atomic mass is 32.1. The summed E-state index contributed by atoms with van der Waals surface area (Å²) in [7, 11) is 0. The van der Waals surface area contributed by atoms with Gasteiger partial charge in [0.2, 0.25) is 0 Å². The van der Waals surface area contributed by atoms with E-state index in [4.69, 9.17) is 5.11 Å². The van der Waals surface area contributed by atoms with Crippen LogP contribution in [0.5, 0.6) is 0 Å². The van der Waals surface area contributed by atoms with E-state index in [1.54, 1.807) is 17.5 Å². The summed E-state index contributed by atoms with van der Waals surface area (Å²) in [4.78, 5) is 21.1. The van der Waals surface area contributed by atoms with Gasteiger partial charge in [0.15, 0.2) is 0 Å². The molecular weight excluding hydrogens is 248 g/mol. The van der Waals surface area contributed by atoms with Gasteiger partial charge in [-0.3, -0.25) is 9.78 Å². The van der Waals surface area contributed by atoms with Crippen LogP contribution in [0.15, 0.2) is 18.3 Å². The Balaban J connectivity index is 2.05. The standard InChI is InChI=1S/C13H12N2O2S/c1-7-3-2-6-14-10(7)12-15-11-8(13(16)17)4-5-9(11)18-12/h2-3,6,8H,4-5H2,1H3,(H,16,17). The van der Waals surface area contributed by atoms with E-state index in [0.29, 0.717) is 6.42 Å². The van der Waals surface area contributed by atoms with E-state index in [1.807, 2.05) is 19.1 Å². The maximum Gasteiger partial charge on any atom is 0.312 e. The number of hydrogen-bond acceptors (Lipinski definition) is 4. The highest BCUT2D eigenvalue weighted by molar-refractivity contribution is 7.15. The summed E-state index contributed by atoms with van der Waals surface area (Å²) in [5.74, 6) is -1.21. The van der Waals surface area contributed by atoms with Crippen molar-refractivity contribution in [1.29, 1.82) is 0 Å². The van der Waals surface area contributed by atoms with Gasteiger partial charge >= 0.3 is 5.97 Å². The molecule has 0 fully saturated rings. The van der Waals surface area contributed by atoms with E-state index < -0.39 is 11.9 Å². The Morgan fingerprint density at radius 1 is 1.56 bits per heavy atom. The number of carboxylic acids is 1. The number of hydrogen-bond donors (Lipinski definition) is 1. The lowest BCUT2D eigenvalue weighted by molar-refractivity contribution is -0.138. The zero-order valence-corrected chi connectivity index (χ0v) is 10.7. The fraction of sp³-hybridized carbons (Fsp3) is 0.308. The molecule has 0 aliphatic heterocycles. The van der Waals surface area contributed by atoms with Crippen LogP contribution in [0.1, 0.15) is 28.5 Å². The summed E-state index contributed by atoms with van der Waals surface area (Å²) in [6, 6.07) is 3.88. The molecule has 1 aliphatic carbocycles. The summed E-state index contributed by atoms with van der Waals surface area (Å²) in [6.07, 6.45) is 3.23. The van der Waals surface area contributed by atoms with E-state index in [2.05, 4.69) is 9.97 Å². The van der Waals surface area contributed by atoms with Gasteiger partial charge in [0.25, 0.3) is 0 Å². The average Bonchev–Trinajstić information content (AvgIpc) is 2.88. The van der Waals surface area contributed by atoms with Crippen molar-refractivity contribution in [2.75, 3.05) is 0 Å². The number of aryl methyl sites for hydroxylation is 2. The monoisotopic (exact) mass is 260 g/mol. The summed E-state index contributed by atoms with van der Waals surface area (Å²) in [6.45, 7) is 1.99. The molecule has 92 valence electrons. The van der Waals surface area contributed by atoms with Crippen molar-refractivity contribution in [3.05, 3.63) is 34.5 Å². The number of nitrogens with zero attached hydrogens (tertiary/aromatic N) is 2. The lowest BCUT2D eigenvalue weighted by atomic mass is 10.1. The van der Waals surface area contributed by atoms with Gasteiger partial charge in [-0.15, -0.1) is 11.3 Å². The number of pyridine rings is 1. The third kappa shape index (κ3) is 1.71. The quantitative estimate of drug-likeness (QED) is 0.901. The Labute approximate surface area is 108 Å². The van der Waals surface area contributed by atoms with E-state index in [-0.39, 0.29) is 0 Å². The smallest absolute Gasteiger partial charge is 0.312 e. The Hall–Kier alpha value is -1.75. The second kappa shape index (κ2) is 4.17. The predicted octanol–water partition coefficient (Wildman–Crippen LogP) is 2.63. The fourth-order valence-corrected chi connectivity index (χ4v) is 3.48. The van der Waals surface area contributed by atoms with Crippen molar-refractivity contribution in [3.8, 4) is 10.7 Å². The van der Waals surface area contributed by atoms with Crippen molar-refractivity contribution in [3.63, 3.8) is 0 Å². The Morgan fingerprint density at radius 3 is 3.11 bits per heavy atom. The first kappa shape index (κ1) is 11.3. The molecule has 18 heavy (non-hydrogen) atoms. The SMILES string of the molecule is Cc1cccnc1-c1nc2c(s1)CCC2C(=O)O. The zero-order chi connectivity index (χ0) is 12.7. The molecular formula is C13H12N2O2S. The van der Waals surface area contributed by atoms with E-state index >= 15 is 0 Å². The number of rotatable bonds is 2. The van der Waals surface area contributed by atoms with Crippen molar-refractivity contribution >= 4 is 17.3 Å². The topological polar surface area (TPSA) is 63.1 Å². The van der Waals surface area contributed by atoms with Crippen LogP contribution in [0, 0.1) is 6.92 Å². The van der Waals surface area contributed by atoms with Crippen molar-refractivity contribution in [1.82, 2.24) is 9.97 Å². The molecule has 1 atom stereocenters. The third-order valence-corrected chi connectivity index (χ3v) is 4.37. The lowest BCUT2D eigenvalue weighted by Gasteiger charge is -2.02. The van der Waals surface area contributed by atoms with Crippen LogP contribution in [-0.4, -0.2) is 21.0 Å². The number of fused-ring (bicyclic) bond motifs is 1. The Kier molecular flexibility index (Phi) is 2.63. The van der Waals surface area contributed by atoms with Gasteiger partial charge in [-0.25, -0.2) is 4.98 Å². The minimum Gasteiger partial charge on any atom is -0.481 e. The van der Waals surface area contributed by atoms with Crippen molar-refractivity contribution in [2.24, 2.45) is 0 Å². The highest BCUT2D eigenvalue weighted by Gasteiger charge is 2.32. The van der Waals surface area contributed by atoms with Gasteiger partial charge in [-0.05, 0) is 31.4 Å². The molecule has 4 nitrogen and oxygen atoms in total. The molecule has 0 amide bonds. The predicted molar refractivity (Wildman–Crippen MR) is 68.8 cm³/mol. The first-order chi connectivity index (χ1) is 8.66. The second-order valence-electron chi connectivity index (χ2n) is 4.43. The number of aliphatic carboxylic acids is 1. The molecule has 3 rings (SSSR count). The zero-order valence-electron chi connectivity index (χ0n) is 9.88. The highest BCUT2D eigenvalue weighted by Crippen LogP contribution is 2.39. The molecule has 0 spiro atoms. The molecule has 1 aliphatic rings. The van der Waals surface area contributed by atoms with Crippen LogP contribution >= 0.6 is 11.3 Å². The first-order valence-electron chi connectivity index (χ1n) is 5.81. The number of carboxylic acid groups (broad SMARTS) is 1.